The van der Waals surface area contributed by atoms with Crippen LogP contribution in [0.1, 0.15) is 42.9 Å². The number of thiophene rings is 1. The molecular formula is C18H23NOSSi. The van der Waals surface area contributed by atoms with Crippen molar-refractivity contribution in [1.29, 1.82) is 5.26 Å². The molecule has 0 spiro atoms. The van der Waals surface area contributed by atoms with Gasteiger partial charge in [-0.3, -0.25) is 0 Å². The van der Waals surface area contributed by atoms with Crippen molar-refractivity contribution >= 4 is 19.7 Å². The molecule has 1 aromatic carbocycles. The Balaban J connectivity index is 2.38. The van der Waals surface area contributed by atoms with Crippen LogP contribution in [0.15, 0.2) is 41.8 Å². The second-order valence-corrected chi connectivity index (χ2v) is 12.7. The highest BCUT2D eigenvalue weighted by atomic mass is 32.1. The van der Waals surface area contributed by atoms with Gasteiger partial charge in [0.15, 0.2) is 8.32 Å². The van der Waals surface area contributed by atoms with Gasteiger partial charge in [-0.05, 0) is 47.3 Å². The van der Waals surface area contributed by atoms with E-state index in [4.69, 9.17) is 9.69 Å². The molecular weight excluding hydrogens is 306 g/mol. The number of hydrogen-bond acceptors (Lipinski definition) is 3. The summed E-state index contributed by atoms with van der Waals surface area (Å²) in [6.45, 7) is 11.3. The van der Waals surface area contributed by atoms with E-state index >= 15 is 0 Å². The van der Waals surface area contributed by atoms with Crippen molar-refractivity contribution in [3.63, 3.8) is 0 Å². The van der Waals surface area contributed by atoms with Crippen LogP contribution in [0.25, 0.3) is 0 Å². The maximum atomic E-state index is 8.97. The predicted octanol–water partition coefficient (Wildman–Crippen LogP) is 5.73. The lowest BCUT2D eigenvalue weighted by Crippen LogP contribution is -2.41. The van der Waals surface area contributed by atoms with Crippen LogP contribution in [-0.4, -0.2) is 8.32 Å². The second-order valence-electron chi connectivity index (χ2n) is 7.01. The van der Waals surface area contributed by atoms with Gasteiger partial charge in [-0.2, -0.15) is 5.26 Å². The van der Waals surface area contributed by atoms with Crippen molar-refractivity contribution in [3.05, 3.63) is 57.8 Å². The quantitative estimate of drug-likeness (QED) is 0.671. The van der Waals surface area contributed by atoms with E-state index in [2.05, 4.69) is 57.4 Å². The van der Waals surface area contributed by atoms with Gasteiger partial charge < -0.3 is 4.43 Å². The second kappa shape index (κ2) is 6.37. The Hall–Kier alpha value is -1.41. The lowest BCUT2D eigenvalue weighted by molar-refractivity contribution is 0.225. The molecule has 1 aromatic heterocycles. The molecule has 0 radical (unpaired) electrons. The van der Waals surface area contributed by atoms with Gasteiger partial charge >= 0.3 is 0 Å². The van der Waals surface area contributed by atoms with E-state index in [1.807, 2.05) is 24.3 Å². The van der Waals surface area contributed by atoms with Crippen LogP contribution in [-0.2, 0) is 4.43 Å². The number of hydrogen-bond donors (Lipinski definition) is 0. The molecule has 1 atom stereocenters. The number of nitrogens with zero attached hydrogens (tertiary/aromatic N) is 1. The lowest BCUT2D eigenvalue weighted by Gasteiger charge is -2.39. The average molecular weight is 330 g/mol. The van der Waals surface area contributed by atoms with Crippen LogP contribution >= 0.6 is 11.3 Å². The van der Waals surface area contributed by atoms with Crippen molar-refractivity contribution in [2.24, 2.45) is 0 Å². The zero-order valence-corrected chi connectivity index (χ0v) is 15.7. The van der Waals surface area contributed by atoms with Crippen LogP contribution in [0, 0.1) is 11.3 Å². The maximum absolute atomic E-state index is 8.97. The highest BCUT2D eigenvalue weighted by molar-refractivity contribution is 7.10. The summed E-state index contributed by atoms with van der Waals surface area (Å²) in [4.78, 5) is 1.22. The van der Waals surface area contributed by atoms with Crippen molar-refractivity contribution < 1.29 is 4.43 Å². The summed E-state index contributed by atoms with van der Waals surface area (Å²) in [7, 11) is -1.89. The number of nitriles is 1. The van der Waals surface area contributed by atoms with E-state index in [-0.39, 0.29) is 11.1 Å². The third-order valence-corrected chi connectivity index (χ3v) is 9.72. The molecule has 0 unspecified atom stereocenters. The van der Waals surface area contributed by atoms with Gasteiger partial charge in [0.05, 0.1) is 11.6 Å². The molecule has 0 aliphatic heterocycles. The van der Waals surface area contributed by atoms with Gasteiger partial charge in [0.1, 0.15) is 6.10 Å². The fraction of sp³-hybridized carbons (Fsp3) is 0.389. The molecule has 2 aromatic rings. The molecule has 2 rings (SSSR count). The summed E-state index contributed by atoms with van der Waals surface area (Å²) in [6.07, 6.45) is -0.0476. The molecule has 0 amide bonds. The van der Waals surface area contributed by atoms with Crippen LogP contribution in [0.5, 0.6) is 0 Å². The predicted molar refractivity (Wildman–Crippen MR) is 95.6 cm³/mol. The molecule has 0 aliphatic rings. The van der Waals surface area contributed by atoms with Gasteiger partial charge in [-0.15, -0.1) is 11.3 Å². The van der Waals surface area contributed by atoms with Crippen molar-refractivity contribution in [2.75, 3.05) is 0 Å². The lowest BCUT2D eigenvalue weighted by atomic mass is 10.1. The summed E-state index contributed by atoms with van der Waals surface area (Å²) in [5.41, 5.74) is 1.80. The van der Waals surface area contributed by atoms with Gasteiger partial charge in [0, 0.05) is 4.88 Å². The SMILES string of the molecule is CC(C)(C)[Si](C)(C)O[C@@H](c1ccc(C#N)cc1)c1cccs1. The Labute approximate surface area is 138 Å². The van der Waals surface area contributed by atoms with Crippen molar-refractivity contribution in [3.8, 4) is 6.07 Å². The van der Waals surface area contributed by atoms with E-state index in [1.165, 1.54) is 4.88 Å². The molecule has 1 heterocycles. The molecule has 0 saturated heterocycles. The smallest absolute Gasteiger partial charge is 0.193 e. The van der Waals surface area contributed by atoms with Crippen molar-refractivity contribution in [2.45, 2.75) is 45.0 Å². The van der Waals surface area contributed by atoms with E-state index < -0.39 is 8.32 Å². The monoisotopic (exact) mass is 329 g/mol. The molecule has 0 bridgehead atoms. The van der Waals surface area contributed by atoms with E-state index in [0.717, 1.165) is 5.56 Å². The highest BCUT2D eigenvalue weighted by Crippen LogP contribution is 2.42. The van der Waals surface area contributed by atoms with E-state index in [0.29, 0.717) is 5.56 Å². The molecule has 116 valence electrons. The maximum Gasteiger partial charge on any atom is 0.193 e. The molecule has 0 N–H and O–H groups in total. The molecule has 22 heavy (non-hydrogen) atoms. The van der Waals surface area contributed by atoms with Crippen LogP contribution in [0.3, 0.4) is 0 Å². The number of benzene rings is 1. The molecule has 2 nitrogen and oxygen atoms in total. The fourth-order valence-corrected chi connectivity index (χ4v) is 4.01. The van der Waals surface area contributed by atoms with Crippen molar-refractivity contribution in [1.82, 2.24) is 0 Å². The Kier molecular flexibility index (Phi) is 4.91. The molecule has 0 saturated carbocycles. The molecule has 0 fully saturated rings. The van der Waals surface area contributed by atoms with Gasteiger partial charge in [-0.25, -0.2) is 0 Å². The first-order valence-corrected chi connectivity index (χ1v) is 11.2. The molecule has 4 heteroatoms. The first kappa shape index (κ1) is 16.9. The Bertz CT molecular complexity index is 648. The average Bonchev–Trinajstić information content (AvgIpc) is 2.98. The Morgan fingerprint density at radius 3 is 2.23 bits per heavy atom. The largest absolute Gasteiger partial charge is 0.405 e. The zero-order chi connectivity index (χ0) is 16.4. The third kappa shape index (κ3) is 3.67. The normalized spacial score (nSPS) is 13.6. The first-order chi connectivity index (χ1) is 10.2. The highest BCUT2D eigenvalue weighted by Gasteiger charge is 2.40. The summed E-state index contributed by atoms with van der Waals surface area (Å²) in [5, 5.41) is 11.2. The van der Waals surface area contributed by atoms with E-state index in [9.17, 15) is 0 Å². The van der Waals surface area contributed by atoms with Crippen LogP contribution in [0.2, 0.25) is 18.1 Å². The summed E-state index contributed by atoms with van der Waals surface area (Å²) >= 11 is 1.72. The minimum Gasteiger partial charge on any atom is -0.405 e. The minimum atomic E-state index is -1.89. The minimum absolute atomic E-state index is 0.0476. The summed E-state index contributed by atoms with van der Waals surface area (Å²) in [6, 6.07) is 14.1. The Morgan fingerprint density at radius 1 is 1.14 bits per heavy atom. The standard InChI is InChI=1S/C18H23NOSSi/c1-18(2,3)22(4,5)20-17(16-7-6-12-21-16)15-10-8-14(13-19)9-11-15/h6-12,17H,1-5H3/t17-/m0/s1. The third-order valence-electron chi connectivity index (χ3n) is 4.36. The molecule has 0 aliphatic carbocycles. The number of rotatable bonds is 4. The topological polar surface area (TPSA) is 33.0 Å². The zero-order valence-electron chi connectivity index (χ0n) is 13.9. The summed E-state index contributed by atoms with van der Waals surface area (Å²) < 4.78 is 6.67. The van der Waals surface area contributed by atoms with E-state index in [1.54, 1.807) is 11.3 Å². The van der Waals surface area contributed by atoms with Gasteiger partial charge in [-0.1, -0.05) is 39.0 Å². The first-order valence-electron chi connectivity index (χ1n) is 7.46. The fourth-order valence-electron chi connectivity index (χ4n) is 1.93. The van der Waals surface area contributed by atoms with Crippen LogP contribution in [0.4, 0.5) is 0 Å². The van der Waals surface area contributed by atoms with Gasteiger partial charge in [0.25, 0.3) is 0 Å². The van der Waals surface area contributed by atoms with Gasteiger partial charge in [0.2, 0.25) is 0 Å². The van der Waals surface area contributed by atoms with Crippen LogP contribution < -0.4 is 0 Å². The summed E-state index contributed by atoms with van der Waals surface area (Å²) in [5.74, 6) is 0. The Morgan fingerprint density at radius 2 is 1.77 bits per heavy atom.